The number of rotatable bonds is 6. The Kier molecular flexibility index (Phi) is 3.68. The largest absolute Gasteiger partial charge is 0.475 e. The smallest absolute Gasteiger partial charge is 0.371 e. The highest BCUT2D eigenvalue weighted by Gasteiger charge is 2.27. The summed E-state index contributed by atoms with van der Waals surface area (Å²) in [6.07, 6.45) is 4.08. The molecule has 0 radical (unpaired) electrons. The van der Waals surface area contributed by atoms with E-state index < -0.39 is 5.97 Å². The molecule has 1 fully saturated rings. The van der Waals surface area contributed by atoms with Gasteiger partial charge < -0.3 is 19.5 Å². The van der Waals surface area contributed by atoms with E-state index in [0.717, 1.165) is 12.8 Å². The van der Waals surface area contributed by atoms with Gasteiger partial charge in [0.05, 0.1) is 0 Å². The third kappa shape index (κ3) is 2.61. The summed E-state index contributed by atoms with van der Waals surface area (Å²) in [6, 6.07) is 3.59. The van der Waals surface area contributed by atoms with Gasteiger partial charge in [-0.3, -0.25) is 0 Å². The molecule has 1 aliphatic rings. The van der Waals surface area contributed by atoms with Gasteiger partial charge in [0.15, 0.2) is 5.88 Å². The number of aliphatic hydroxyl groups excluding tert-OH is 1. The zero-order valence-corrected chi connectivity index (χ0v) is 9.63. The second kappa shape index (κ2) is 5.23. The van der Waals surface area contributed by atoms with Crippen LogP contribution in [0.15, 0.2) is 16.5 Å². The minimum Gasteiger partial charge on any atom is -0.475 e. The lowest BCUT2D eigenvalue weighted by atomic mass is 9.91. The lowest BCUT2D eigenvalue weighted by molar-refractivity contribution is 0.0662. The first-order chi connectivity index (χ1) is 8.22. The number of aromatic carboxylic acids is 1. The summed E-state index contributed by atoms with van der Waals surface area (Å²) < 4.78 is 5.31. The Morgan fingerprint density at radius 3 is 2.71 bits per heavy atom. The van der Waals surface area contributed by atoms with Crippen molar-refractivity contribution in [2.45, 2.75) is 31.7 Å². The van der Waals surface area contributed by atoms with Crippen molar-refractivity contribution in [3.05, 3.63) is 17.9 Å². The molecule has 1 aliphatic carbocycles. The molecule has 0 spiro atoms. The van der Waals surface area contributed by atoms with Crippen molar-refractivity contribution in [2.75, 3.05) is 18.1 Å². The Morgan fingerprint density at radius 2 is 2.24 bits per heavy atom. The minimum absolute atomic E-state index is 0.0340. The molecule has 1 aromatic rings. The van der Waals surface area contributed by atoms with Gasteiger partial charge >= 0.3 is 5.97 Å². The Labute approximate surface area is 99.6 Å². The number of carbonyl (C=O) groups is 1. The van der Waals surface area contributed by atoms with Crippen molar-refractivity contribution in [1.82, 2.24) is 0 Å². The zero-order chi connectivity index (χ0) is 12.3. The fourth-order valence-corrected chi connectivity index (χ4v) is 2.01. The van der Waals surface area contributed by atoms with Crippen LogP contribution in [0.1, 0.15) is 36.2 Å². The number of carboxylic acid groups (broad SMARTS) is 1. The number of anilines is 1. The molecule has 5 nitrogen and oxygen atoms in total. The normalized spacial score (nSPS) is 15.6. The second-order valence-corrected chi connectivity index (χ2v) is 4.30. The summed E-state index contributed by atoms with van der Waals surface area (Å²) in [7, 11) is 0. The lowest BCUT2D eigenvalue weighted by Crippen LogP contribution is -2.41. The number of carboxylic acids is 1. The van der Waals surface area contributed by atoms with Gasteiger partial charge in [-0.05, 0) is 31.7 Å². The first-order valence-electron chi connectivity index (χ1n) is 5.93. The fraction of sp³-hybridized carbons (Fsp3) is 0.583. The zero-order valence-electron chi connectivity index (χ0n) is 9.63. The molecule has 0 atom stereocenters. The molecule has 0 saturated heterocycles. The Hall–Kier alpha value is -1.49. The van der Waals surface area contributed by atoms with Crippen molar-refractivity contribution in [1.29, 1.82) is 0 Å². The molecule has 2 N–H and O–H groups in total. The predicted octanol–water partition coefficient (Wildman–Crippen LogP) is 1.72. The number of aliphatic hydroxyl groups is 1. The van der Waals surface area contributed by atoms with Crippen LogP contribution in [0.25, 0.3) is 0 Å². The standard InChI is InChI=1S/C12H17NO4/c14-8-2-7-13(9-3-1-4-9)11-6-5-10(17-11)12(15)16/h5-6,9,14H,1-4,7-8H2,(H,15,16). The average molecular weight is 239 g/mol. The summed E-state index contributed by atoms with van der Waals surface area (Å²) in [4.78, 5) is 12.8. The molecule has 0 bridgehead atoms. The van der Waals surface area contributed by atoms with Crippen molar-refractivity contribution in [2.24, 2.45) is 0 Å². The third-order valence-electron chi connectivity index (χ3n) is 3.16. The van der Waals surface area contributed by atoms with Gasteiger partial charge in [-0.15, -0.1) is 0 Å². The number of hydrogen-bond acceptors (Lipinski definition) is 4. The predicted molar refractivity (Wildman–Crippen MR) is 62.4 cm³/mol. The summed E-state index contributed by atoms with van der Waals surface area (Å²) in [5.41, 5.74) is 0. The number of hydrogen-bond donors (Lipinski definition) is 2. The van der Waals surface area contributed by atoms with Gasteiger partial charge in [0, 0.05) is 25.3 Å². The summed E-state index contributed by atoms with van der Waals surface area (Å²) in [6.45, 7) is 0.837. The van der Waals surface area contributed by atoms with E-state index in [0.29, 0.717) is 24.9 Å². The molecule has 2 rings (SSSR count). The van der Waals surface area contributed by atoms with Gasteiger partial charge in [-0.2, -0.15) is 0 Å². The topological polar surface area (TPSA) is 73.9 Å². The molecule has 0 aromatic carbocycles. The van der Waals surface area contributed by atoms with Crippen molar-refractivity contribution in [3.63, 3.8) is 0 Å². The molecule has 0 unspecified atom stereocenters. The van der Waals surface area contributed by atoms with Gasteiger partial charge in [-0.1, -0.05) is 0 Å². The van der Waals surface area contributed by atoms with Gasteiger partial charge in [0.2, 0.25) is 5.76 Å². The second-order valence-electron chi connectivity index (χ2n) is 4.30. The van der Waals surface area contributed by atoms with Crippen LogP contribution in [0, 0.1) is 0 Å². The van der Waals surface area contributed by atoms with Crippen LogP contribution in [0.2, 0.25) is 0 Å². The molecular weight excluding hydrogens is 222 g/mol. The maximum atomic E-state index is 10.8. The molecule has 5 heteroatoms. The molecule has 94 valence electrons. The van der Waals surface area contributed by atoms with E-state index in [4.69, 9.17) is 14.6 Å². The van der Waals surface area contributed by atoms with Crippen LogP contribution in [0.3, 0.4) is 0 Å². The van der Waals surface area contributed by atoms with Crippen molar-refractivity contribution < 1.29 is 19.4 Å². The van der Waals surface area contributed by atoms with E-state index in [1.54, 1.807) is 6.07 Å². The van der Waals surface area contributed by atoms with Gasteiger partial charge in [0.25, 0.3) is 0 Å². The Bertz CT molecular complexity index is 384. The third-order valence-corrected chi connectivity index (χ3v) is 3.16. The maximum absolute atomic E-state index is 10.8. The van der Waals surface area contributed by atoms with Crippen molar-refractivity contribution in [3.8, 4) is 0 Å². The lowest BCUT2D eigenvalue weighted by Gasteiger charge is -2.37. The Morgan fingerprint density at radius 1 is 1.47 bits per heavy atom. The average Bonchev–Trinajstić information content (AvgIpc) is 2.70. The molecule has 1 heterocycles. The van der Waals surface area contributed by atoms with Crippen LogP contribution in [0.5, 0.6) is 0 Å². The first-order valence-corrected chi connectivity index (χ1v) is 5.93. The molecule has 0 aliphatic heterocycles. The summed E-state index contributed by atoms with van der Waals surface area (Å²) in [5.74, 6) is -0.485. The highest BCUT2D eigenvalue weighted by Crippen LogP contribution is 2.30. The van der Waals surface area contributed by atoms with Gasteiger partial charge in [0.1, 0.15) is 0 Å². The van der Waals surface area contributed by atoms with Crippen LogP contribution < -0.4 is 4.90 Å². The van der Waals surface area contributed by atoms with E-state index in [1.165, 1.54) is 12.5 Å². The SMILES string of the molecule is O=C(O)c1ccc(N(CCCO)C2CCC2)o1. The highest BCUT2D eigenvalue weighted by molar-refractivity contribution is 5.84. The van der Waals surface area contributed by atoms with Crippen LogP contribution >= 0.6 is 0 Å². The monoisotopic (exact) mass is 239 g/mol. The maximum Gasteiger partial charge on any atom is 0.371 e. The van der Waals surface area contributed by atoms with E-state index >= 15 is 0 Å². The van der Waals surface area contributed by atoms with Crippen LogP contribution in [-0.2, 0) is 0 Å². The summed E-state index contributed by atoms with van der Waals surface area (Å²) >= 11 is 0. The Balaban J connectivity index is 2.09. The van der Waals surface area contributed by atoms with Crippen LogP contribution in [0.4, 0.5) is 5.88 Å². The van der Waals surface area contributed by atoms with E-state index in [1.807, 2.05) is 0 Å². The number of nitrogens with zero attached hydrogens (tertiary/aromatic N) is 1. The minimum atomic E-state index is -1.05. The molecule has 1 saturated carbocycles. The van der Waals surface area contributed by atoms with Gasteiger partial charge in [-0.25, -0.2) is 4.79 Å². The van der Waals surface area contributed by atoms with Crippen LogP contribution in [-0.4, -0.2) is 35.4 Å². The molecule has 0 amide bonds. The fourth-order valence-electron chi connectivity index (χ4n) is 2.01. The van der Waals surface area contributed by atoms with E-state index in [-0.39, 0.29) is 12.4 Å². The molecule has 17 heavy (non-hydrogen) atoms. The van der Waals surface area contributed by atoms with Crippen molar-refractivity contribution >= 4 is 11.9 Å². The first kappa shape index (κ1) is 12.0. The molecular formula is C12H17NO4. The van der Waals surface area contributed by atoms with E-state index in [9.17, 15) is 4.79 Å². The quantitative estimate of drug-likeness (QED) is 0.790. The van der Waals surface area contributed by atoms with E-state index in [2.05, 4.69) is 4.90 Å². The highest BCUT2D eigenvalue weighted by atomic mass is 16.4. The number of furan rings is 1. The molecule has 1 aromatic heterocycles. The summed E-state index contributed by atoms with van der Waals surface area (Å²) in [5, 5.41) is 17.7.